The molecule has 1 nitrogen and oxygen atoms in total. The van der Waals surface area contributed by atoms with Crippen molar-refractivity contribution in [2.24, 2.45) is 17.8 Å². The van der Waals surface area contributed by atoms with Crippen molar-refractivity contribution in [2.75, 3.05) is 0 Å². The van der Waals surface area contributed by atoms with E-state index in [-0.39, 0.29) is 0 Å². The Morgan fingerprint density at radius 1 is 1.08 bits per heavy atom. The predicted molar refractivity (Wildman–Crippen MR) is 48.9 cm³/mol. The van der Waals surface area contributed by atoms with Crippen LogP contribution >= 0.6 is 0 Å². The quantitative estimate of drug-likeness (QED) is 0.589. The van der Waals surface area contributed by atoms with Crippen LogP contribution in [0.1, 0.15) is 44.9 Å². The summed E-state index contributed by atoms with van der Waals surface area (Å²) >= 11 is 0. The maximum atomic E-state index is 10.2. The molecule has 0 unspecified atom stereocenters. The Morgan fingerprint density at radius 2 is 1.75 bits per heavy atom. The topological polar surface area (TPSA) is 17.1 Å². The summed E-state index contributed by atoms with van der Waals surface area (Å²) in [6.07, 6.45) is 10.5. The first-order valence-corrected chi connectivity index (χ1v) is 5.34. The van der Waals surface area contributed by atoms with Gasteiger partial charge in [0.25, 0.3) is 0 Å². The van der Waals surface area contributed by atoms with Crippen molar-refractivity contribution in [3.05, 3.63) is 0 Å². The average molecular weight is 166 g/mol. The van der Waals surface area contributed by atoms with Crippen LogP contribution in [0.4, 0.5) is 0 Å². The smallest absolute Gasteiger partial charge is 0.120 e. The fourth-order valence-electron chi connectivity index (χ4n) is 2.93. The van der Waals surface area contributed by atoms with Crippen LogP contribution < -0.4 is 0 Å². The molecule has 0 aromatic rings. The van der Waals surface area contributed by atoms with E-state index in [4.69, 9.17) is 0 Å². The molecule has 2 aliphatic rings. The molecule has 68 valence electrons. The number of hydrogen-bond acceptors (Lipinski definition) is 1. The average Bonchev–Trinajstić information content (AvgIpc) is 2.47. The second kappa shape index (κ2) is 3.59. The molecule has 0 amide bonds. The minimum absolute atomic E-state index is 0.757. The van der Waals surface area contributed by atoms with Crippen LogP contribution in [-0.2, 0) is 4.79 Å². The zero-order valence-electron chi connectivity index (χ0n) is 7.67. The predicted octanol–water partition coefficient (Wildman–Crippen LogP) is 2.79. The third kappa shape index (κ3) is 1.55. The lowest BCUT2D eigenvalue weighted by Gasteiger charge is -2.38. The summed E-state index contributed by atoms with van der Waals surface area (Å²) in [5.74, 6) is 2.79. The molecule has 12 heavy (non-hydrogen) atoms. The SMILES string of the molecule is O=CCC1CC(C2CCCC2)C1. The van der Waals surface area contributed by atoms with Gasteiger partial charge >= 0.3 is 0 Å². The van der Waals surface area contributed by atoms with Crippen LogP contribution in [-0.4, -0.2) is 6.29 Å². The van der Waals surface area contributed by atoms with Crippen molar-refractivity contribution in [2.45, 2.75) is 44.9 Å². The summed E-state index contributed by atoms with van der Waals surface area (Å²) in [6.45, 7) is 0. The maximum absolute atomic E-state index is 10.2. The molecular weight excluding hydrogens is 148 g/mol. The van der Waals surface area contributed by atoms with Crippen LogP contribution in [0.15, 0.2) is 0 Å². The van der Waals surface area contributed by atoms with Gasteiger partial charge in [-0.15, -0.1) is 0 Å². The summed E-state index contributed by atoms with van der Waals surface area (Å²) < 4.78 is 0. The first kappa shape index (κ1) is 8.28. The van der Waals surface area contributed by atoms with Gasteiger partial charge in [0, 0.05) is 6.42 Å². The Labute approximate surface area is 74.5 Å². The summed E-state index contributed by atoms with van der Waals surface area (Å²) in [5, 5.41) is 0. The molecular formula is C11H18O. The largest absolute Gasteiger partial charge is 0.303 e. The van der Waals surface area contributed by atoms with Crippen LogP contribution in [0.2, 0.25) is 0 Å². The molecule has 2 fully saturated rings. The van der Waals surface area contributed by atoms with Gasteiger partial charge in [-0.2, -0.15) is 0 Å². The number of rotatable bonds is 3. The minimum Gasteiger partial charge on any atom is -0.303 e. The Hall–Kier alpha value is -0.330. The minimum atomic E-state index is 0.757. The molecule has 0 saturated heterocycles. The molecule has 0 bridgehead atoms. The zero-order valence-corrected chi connectivity index (χ0v) is 7.67. The molecule has 0 spiro atoms. The maximum Gasteiger partial charge on any atom is 0.120 e. The van der Waals surface area contributed by atoms with Crippen molar-refractivity contribution >= 4 is 6.29 Å². The van der Waals surface area contributed by atoms with E-state index in [2.05, 4.69) is 0 Å². The molecule has 0 radical (unpaired) electrons. The molecule has 2 rings (SSSR count). The van der Waals surface area contributed by atoms with E-state index >= 15 is 0 Å². The Bertz CT molecular complexity index is 152. The van der Waals surface area contributed by atoms with Crippen molar-refractivity contribution in [3.8, 4) is 0 Å². The monoisotopic (exact) mass is 166 g/mol. The second-order valence-electron chi connectivity index (χ2n) is 4.54. The molecule has 0 heterocycles. The van der Waals surface area contributed by atoms with Crippen molar-refractivity contribution in [1.82, 2.24) is 0 Å². The fourth-order valence-corrected chi connectivity index (χ4v) is 2.93. The van der Waals surface area contributed by atoms with Crippen molar-refractivity contribution in [3.63, 3.8) is 0 Å². The summed E-state index contributed by atoms with van der Waals surface area (Å²) in [7, 11) is 0. The van der Waals surface area contributed by atoms with E-state index in [1.807, 2.05) is 0 Å². The van der Waals surface area contributed by atoms with Gasteiger partial charge in [0.1, 0.15) is 6.29 Å². The van der Waals surface area contributed by atoms with Crippen LogP contribution in [0.25, 0.3) is 0 Å². The number of carbonyl (C=O) groups excluding carboxylic acids is 1. The van der Waals surface area contributed by atoms with E-state index in [0.717, 1.165) is 30.5 Å². The lowest BCUT2D eigenvalue weighted by atomic mass is 9.67. The molecule has 1 heteroatoms. The molecule has 0 aromatic carbocycles. The first-order valence-electron chi connectivity index (χ1n) is 5.34. The van der Waals surface area contributed by atoms with Crippen LogP contribution in [0.3, 0.4) is 0 Å². The van der Waals surface area contributed by atoms with Gasteiger partial charge in [-0.05, 0) is 30.6 Å². The molecule has 0 N–H and O–H groups in total. The van der Waals surface area contributed by atoms with E-state index in [0.29, 0.717) is 0 Å². The Kier molecular flexibility index (Phi) is 2.48. The molecule has 0 aliphatic heterocycles. The summed E-state index contributed by atoms with van der Waals surface area (Å²) in [5.41, 5.74) is 0. The first-order chi connectivity index (χ1) is 5.90. The van der Waals surface area contributed by atoms with Gasteiger partial charge in [-0.25, -0.2) is 0 Å². The molecule has 2 aliphatic carbocycles. The lowest BCUT2D eigenvalue weighted by molar-refractivity contribution is -0.109. The van der Waals surface area contributed by atoms with Gasteiger partial charge in [-0.3, -0.25) is 0 Å². The standard InChI is InChI=1S/C11H18O/c12-6-5-9-7-11(8-9)10-3-1-2-4-10/h6,9-11H,1-5,7-8H2. The van der Waals surface area contributed by atoms with Crippen molar-refractivity contribution in [1.29, 1.82) is 0 Å². The summed E-state index contributed by atoms with van der Waals surface area (Å²) in [4.78, 5) is 10.2. The van der Waals surface area contributed by atoms with Gasteiger partial charge < -0.3 is 4.79 Å². The Morgan fingerprint density at radius 3 is 2.33 bits per heavy atom. The van der Waals surface area contributed by atoms with Crippen molar-refractivity contribution < 1.29 is 4.79 Å². The zero-order chi connectivity index (χ0) is 8.39. The van der Waals surface area contributed by atoms with Crippen LogP contribution in [0.5, 0.6) is 0 Å². The van der Waals surface area contributed by atoms with E-state index in [9.17, 15) is 4.79 Å². The normalized spacial score (nSPS) is 36.3. The summed E-state index contributed by atoms with van der Waals surface area (Å²) in [6, 6.07) is 0. The number of carbonyl (C=O) groups is 1. The number of hydrogen-bond donors (Lipinski definition) is 0. The molecule has 0 atom stereocenters. The van der Waals surface area contributed by atoms with Gasteiger partial charge in [-0.1, -0.05) is 25.7 Å². The van der Waals surface area contributed by atoms with Gasteiger partial charge in [0.05, 0.1) is 0 Å². The fraction of sp³-hybridized carbons (Fsp3) is 0.909. The van der Waals surface area contributed by atoms with E-state index in [1.54, 1.807) is 0 Å². The highest BCUT2D eigenvalue weighted by molar-refractivity contribution is 5.49. The molecule has 2 saturated carbocycles. The highest BCUT2D eigenvalue weighted by Gasteiger charge is 2.35. The lowest BCUT2D eigenvalue weighted by Crippen LogP contribution is -2.29. The highest BCUT2D eigenvalue weighted by atomic mass is 16.1. The Balaban J connectivity index is 1.69. The highest BCUT2D eigenvalue weighted by Crippen LogP contribution is 2.46. The second-order valence-corrected chi connectivity index (χ2v) is 4.54. The van der Waals surface area contributed by atoms with E-state index in [1.165, 1.54) is 38.5 Å². The van der Waals surface area contributed by atoms with Crippen LogP contribution in [0, 0.1) is 17.8 Å². The van der Waals surface area contributed by atoms with Gasteiger partial charge in [0.15, 0.2) is 0 Å². The third-order valence-electron chi connectivity index (χ3n) is 3.77. The van der Waals surface area contributed by atoms with E-state index < -0.39 is 0 Å². The third-order valence-corrected chi connectivity index (χ3v) is 3.77. The van der Waals surface area contributed by atoms with Gasteiger partial charge in [0.2, 0.25) is 0 Å². The number of aldehydes is 1. The molecule has 0 aromatic heterocycles.